The number of morpholine rings is 1. The van der Waals surface area contributed by atoms with Gasteiger partial charge in [-0.25, -0.2) is 0 Å². The molecule has 0 aromatic heterocycles. The molecule has 0 radical (unpaired) electrons. The van der Waals surface area contributed by atoms with Crippen LogP contribution in [0.1, 0.15) is 19.4 Å². The summed E-state index contributed by atoms with van der Waals surface area (Å²) in [6.07, 6.45) is 0.331. The second kappa shape index (κ2) is 4.85. The topological polar surface area (TPSA) is 38.5 Å². The molecule has 0 spiro atoms. The first-order chi connectivity index (χ1) is 7.65. The van der Waals surface area contributed by atoms with Crippen LogP contribution < -0.4 is 5.73 Å². The number of nitrogens with two attached hydrogens (primary N) is 1. The predicted molar refractivity (Wildman–Crippen MR) is 66.1 cm³/mol. The van der Waals surface area contributed by atoms with Crippen LogP contribution >= 0.6 is 0 Å². The Morgan fingerprint density at radius 1 is 1.44 bits per heavy atom. The minimum atomic E-state index is 0.331. The molecule has 2 N–H and O–H groups in total. The van der Waals surface area contributed by atoms with E-state index in [2.05, 4.69) is 24.8 Å². The minimum Gasteiger partial charge on any atom is -0.399 e. The fourth-order valence-electron chi connectivity index (χ4n) is 2.12. The van der Waals surface area contributed by atoms with Crippen LogP contribution in [0.4, 0.5) is 5.69 Å². The predicted octanol–water partition coefficient (Wildman–Crippen LogP) is 1.88. The largest absolute Gasteiger partial charge is 0.399 e. The van der Waals surface area contributed by atoms with Crippen molar-refractivity contribution in [3.05, 3.63) is 29.8 Å². The van der Waals surface area contributed by atoms with Crippen LogP contribution in [0.3, 0.4) is 0 Å². The molecular formula is C13H20N2O. The SMILES string of the molecule is CC1CN(Cc2cccc(N)c2)C(C)CO1. The summed E-state index contributed by atoms with van der Waals surface area (Å²) >= 11 is 0. The maximum atomic E-state index is 5.78. The van der Waals surface area contributed by atoms with Gasteiger partial charge in [0.25, 0.3) is 0 Å². The Morgan fingerprint density at radius 3 is 3.00 bits per heavy atom. The van der Waals surface area contributed by atoms with E-state index in [-0.39, 0.29) is 0 Å². The molecule has 1 aromatic carbocycles. The van der Waals surface area contributed by atoms with Crippen LogP contribution in [0.2, 0.25) is 0 Å². The number of hydrogen-bond donors (Lipinski definition) is 1. The molecule has 2 atom stereocenters. The van der Waals surface area contributed by atoms with Gasteiger partial charge in [0.05, 0.1) is 12.7 Å². The Hall–Kier alpha value is -1.06. The first kappa shape index (κ1) is 11.4. The zero-order chi connectivity index (χ0) is 11.5. The van der Waals surface area contributed by atoms with Gasteiger partial charge in [0.1, 0.15) is 0 Å². The van der Waals surface area contributed by atoms with Crippen LogP contribution in [0.15, 0.2) is 24.3 Å². The summed E-state index contributed by atoms with van der Waals surface area (Å²) in [6.45, 7) is 7.11. The molecule has 1 heterocycles. The molecule has 0 saturated carbocycles. The number of ether oxygens (including phenoxy) is 1. The van der Waals surface area contributed by atoms with Gasteiger partial charge in [0, 0.05) is 24.8 Å². The highest BCUT2D eigenvalue weighted by Crippen LogP contribution is 2.16. The van der Waals surface area contributed by atoms with Crippen LogP contribution in [0.25, 0.3) is 0 Å². The number of nitrogens with zero attached hydrogens (tertiary/aromatic N) is 1. The van der Waals surface area contributed by atoms with Gasteiger partial charge in [-0.2, -0.15) is 0 Å². The van der Waals surface area contributed by atoms with Crippen molar-refractivity contribution in [3.8, 4) is 0 Å². The van der Waals surface area contributed by atoms with Crippen molar-refractivity contribution >= 4 is 5.69 Å². The summed E-state index contributed by atoms with van der Waals surface area (Å²) in [4.78, 5) is 2.45. The minimum absolute atomic E-state index is 0.331. The molecule has 3 nitrogen and oxygen atoms in total. The van der Waals surface area contributed by atoms with Gasteiger partial charge in [-0.1, -0.05) is 12.1 Å². The Bertz CT molecular complexity index is 354. The van der Waals surface area contributed by atoms with Crippen molar-refractivity contribution in [3.63, 3.8) is 0 Å². The summed E-state index contributed by atoms with van der Waals surface area (Å²) in [6, 6.07) is 8.60. The Morgan fingerprint density at radius 2 is 2.25 bits per heavy atom. The molecular weight excluding hydrogens is 200 g/mol. The highest BCUT2D eigenvalue weighted by Gasteiger charge is 2.23. The third-order valence-electron chi connectivity index (χ3n) is 3.07. The molecule has 3 heteroatoms. The van der Waals surface area contributed by atoms with Gasteiger partial charge < -0.3 is 10.5 Å². The van der Waals surface area contributed by atoms with Crippen LogP contribution in [0, 0.1) is 0 Å². The molecule has 0 bridgehead atoms. The number of rotatable bonds is 2. The summed E-state index contributed by atoms with van der Waals surface area (Å²) in [5.74, 6) is 0. The highest BCUT2D eigenvalue weighted by atomic mass is 16.5. The molecule has 16 heavy (non-hydrogen) atoms. The molecule has 0 aliphatic carbocycles. The third-order valence-corrected chi connectivity index (χ3v) is 3.07. The van der Waals surface area contributed by atoms with Crippen molar-refractivity contribution in [2.45, 2.75) is 32.5 Å². The number of hydrogen-bond acceptors (Lipinski definition) is 3. The Kier molecular flexibility index (Phi) is 3.46. The zero-order valence-electron chi connectivity index (χ0n) is 10.0. The van der Waals surface area contributed by atoms with E-state index in [1.807, 2.05) is 18.2 Å². The summed E-state index contributed by atoms with van der Waals surface area (Å²) < 4.78 is 5.62. The summed E-state index contributed by atoms with van der Waals surface area (Å²) in [7, 11) is 0. The molecule has 1 aliphatic rings. The van der Waals surface area contributed by atoms with Gasteiger partial charge in [-0.15, -0.1) is 0 Å². The number of anilines is 1. The molecule has 88 valence electrons. The van der Waals surface area contributed by atoms with Crippen LogP contribution in [0.5, 0.6) is 0 Å². The average Bonchev–Trinajstić information content (AvgIpc) is 2.24. The van der Waals surface area contributed by atoms with E-state index in [9.17, 15) is 0 Å². The van der Waals surface area contributed by atoms with Crippen molar-refractivity contribution in [2.24, 2.45) is 0 Å². The van der Waals surface area contributed by atoms with Crippen molar-refractivity contribution in [1.29, 1.82) is 0 Å². The molecule has 2 unspecified atom stereocenters. The van der Waals surface area contributed by atoms with Gasteiger partial charge in [0.15, 0.2) is 0 Å². The molecule has 2 rings (SSSR count). The van der Waals surface area contributed by atoms with Crippen LogP contribution in [-0.4, -0.2) is 30.2 Å². The maximum absolute atomic E-state index is 5.78. The smallest absolute Gasteiger partial charge is 0.0674 e. The first-order valence-electron chi connectivity index (χ1n) is 5.85. The van der Waals surface area contributed by atoms with Crippen molar-refractivity contribution in [2.75, 3.05) is 18.9 Å². The molecule has 1 aromatic rings. The Labute approximate surface area is 97.2 Å². The number of benzene rings is 1. The summed E-state index contributed by atoms with van der Waals surface area (Å²) in [5.41, 5.74) is 7.90. The molecule has 1 aliphatic heterocycles. The van der Waals surface area contributed by atoms with E-state index >= 15 is 0 Å². The lowest BCUT2D eigenvalue weighted by molar-refractivity contribution is -0.0526. The normalized spacial score (nSPS) is 26.9. The van der Waals surface area contributed by atoms with Gasteiger partial charge >= 0.3 is 0 Å². The fourth-order valence-corrected chi connectivity index (χ4v) is 2.12. The van der Waals surface area contributed by atoms with Crippen molar-refractivity contribution in [1.82, 2.24) is 4.90 Å². The standard InChI is InChI=1S/C13H20N2O/c1-10-9-16-11(2)7-15(10)8-12-4-3-5-13(14)6-12/h3-6,10-11H,7-9,14H2,1-2H3. The third kappa shape index (κ3) is 2.74. The van der Waals surface area contributed by atoms with Gasteiger partial charge in [-0.3, -0.25) is 4.90 Å². The van der Waals surface area contributed by atoms with E-state index < -0.39 is 0 Å². The van der Waals surface area contributed by atoms with E-state index in [1.165, 1.54) is 5.56 Å². The fraction of sp³-hybridized carbons (Fsp3) is 0.538. The quantitative estimate of drug-likeness (QED) is 0.773. The molecule has 1 fully saturated rings. The monoisotopic (exact) mass is 220 g/mol. The maximum Gasteiger partial charge on any atom is 0.0674 e. The lowest BCUT2D eigenvalue weighted by Crippen LogP contribution is -2.46. The summed E-state index contributed by atoms with van der Waals surface area (Å²) in [5, 5.41) is 0. The van der Waals surface area contributed by atoms with Gasteiger partial charge in [0.2, 0.25) is 0 Å². The lowest BCUT2D eigenvalue weighted by Gasteiger charge is -2.36. The van der Waals surface area contributed by atoms with E-state index in [0.29, 0.717) is 12.1 Å². The highest BCUT2D eigenvalue weighted by molar-refractivity contribution is 5.40. The van der Waals surface area contributed by atoms with Crippen LogP contribution in [-0.2, 0) is 11.3 Å². The average molecular weight is 220 g/mol. The molecule has 0 amide bonds. The molecule has 1 saturated heterocycles. The lowest BCUT2D eigenvalue weighted by atomic mass is 10.1. The van der Waals surface area contributed by atoms with Gasteiger partial charge in [-0.05, 0) is 31.5 Å². The van der Waals surface area contributed by atoms with E-state index in [0.717, 1.165) is 25.4 Å². The van der Waals surface area contributed by atoms with E-state index in [1.54, 1.807) is 0 Å². The Balaban J connectivity index is 2.02. The second-order valence-electron chi connectivity index (χ2n) is 4.67. The zero-order valence-corrected chi connectivity index (χ0v) is 10.0. The first-order valence-corrected chi connectivity index (χ1v) is 5.85. The van der Waals surface area contributed by atoms with E-state index in [4.69, 9.17) is 10.5 Å². The van der Waals surface area contributed by atoms with Crippen molar-refractivity contribution < 1.29 is 4.74 Å². The number of nitrogen functional groups attached to an aromatic ring is 1. The second-order valence-corrected chi connectivity index (χ2v) is 4.67.